The van der Waals surface area contributed by atoms with E-state index in [9.17, 15) is 9.59 Å². The van der Waals surface area contributed by atoms with Gasteiger partial charge in [0, 0.05) is 31.7 Å². The van der Waals surface area contributed by atoms with E-state index >= 15 is 0 Å². The Morgan fingerprint density at radius 2 is 2.05 bits per heavy atom. The van der Waals surface area contributed by atoms with E-state index in [0.717, 1.165) is 11.3 Å². The Balaban J connectivity index is 2.13. The minimum atomic E-state index is -0.206. The minimum absolute atomic E-state index is 0.0427. The predicted molar refractivity (Wildman–Crippen MR) is 79.6 cm³/mol. The number of carbonyl (C=O) groups excluding carboxylic acids is 2. The molecule has 1 aromatic rings. The molecule has 4 heteroatoms. The standard InChI is InChI=1S/C16H22N2O2/c1-4-17(5-2)16(20)13-10-15(19)18(11-13)14-8-6-7-12(3)9-14/h6-9,13H,4-5,10-11H2,1-3H3. The molecular weight excluding hydrogens is 252 g/mol. The van der Waals surface area contributed by atoms with Crippen molar-refractivity contribution in [3.05, 3.63) is 29.8 Å². The van der Waals surface area contributed by atoms with Crippen LogP contribution in [0.2, 0.25) is 0 Å². The van der Waals surface area contributed by atoms with Gasteiger partial charge < -0.3 is 9.80 Å². The number of aryl methyl sites for hydroxylation is 1. The summed E-state index contributed by atoms with van der Waals surface area (Å²) in [6.45, 7) is 7.84. The lowest BCUT2D eigenvalue weighted by molar-refractivity contribution is -0.135. The van der Waals surface area contributed by atoms with Crippen molar-refractivity contribution in [3.8, 4) is 0 Å². The molecule has 2 rings (SSSR count). The highest BCUT2D eigenvalue weighted by Gasteiger charge is 2.36. The van der Waals surface area contributed by atoms with Crippen molar-refractivity contribution in [2.24, 2.45) is 5.92 Å². The maximum Gasteiger partial charge on any atom is 0.227 e. The molecule has 20 heavy (non-hydrogen) atoms. The van der Waals surface area contributed by atoms with Crippen molar-refractivity contribution in [1.29, 1.82) is 0 Å². The second-order valence-electron chi connectivity index (χ2n) is 5.25. The van der Waals surface area contributed by atoms with Gasteiger partial charge in [-0.2, -0.15) is 0 Å². The summed E-state index contributed by atoms with van der Waals surface area (Å²) in [6.07, 6.45) is 0.323. The molecule has 2 amide bonds. The van der Waals surface area contributed by atoms with Crippen LogP contribution in [0.4, 0.5) is 5.69 Å². The highest BCUT2D eigenvalue weighted by atomic mass is 16.2. The van der Waals surface area contributed by atoms with Crippen LogP contribution in [0.5, 0.6) is 0 Å². The maximum absolute atomic E-state index is 12.3. The molecule has 1 atom stereocenters. The molecular formula is C16H22N2O2. The number of anilines is 1. The third-order valence-electron chi connectivity index (χ3n) is 3.86. The number of carbonyl (C=O) groups is 2. The first-order valence-electron chi connectivity index (χ1n) is 7.22. The quantitative estimate of drug-likeness (QED) is 0.844. The fraction of sp³-hybridized carbons (Fsp3) is 0.500. The molecule has 0 N–H and O–H groups in total. The lowest BCUT2D eigenvalue weighted by Gasteiger charge is -2.22. The third kappa shape index (κ3) is 2.84. The Labute approximate surface area is 120 Å². The molecule has 0 aromatic heterocycles. The molecule has 0 saturated carbocycles. The Morgan fingerprint density at radius 3 is 2.65 bits per heavy atom. The van der Waals surface area contributed by atoms with Crippen LogP contribution in [0.25, 0.3) is 0 Å². The van der Waals surface area contributed by atoms with Crippen molar-refractivity contribution in [3.63, 3.8) is 0 Å². The van der Waals surface area contributed by atoms with Gasteiger partial charge in [0.25, 0.3) is 0 Å². The Kier molecular flexibility index (Phi) is 4.42. The minimum Gasteiger partial charge on any atom is -0.343 e. The van der Waals surface area contributed by atoms with E-state index in [0.29, 0.717) is 26.1 Å². The average molecular weight is 274 g/mol. The van der Waals surface area contributed by atoms with E-state index in [1.165, 1.54) is 0 Å². The van der Waals surface area contributed by atoms with Gasteiger partial charge >= 0.3 is 0 Å². The molecule has 1 unspecified atom stereocenters. The summed E-state index contributed by atoms with van der Waals surface area (Å²) < 4.78 is 0. The molecule has 0 bridgehead atoms. The second kappa shape index (κ2) is 6.07. The molecule has 4 nitrogen and oxygen atoms in total. The zero-order chi connectivity index (χ0) is 14.7. The van der Waals surface area contributed by atoms with E-state index in [-0.39, 0.29) is 17.7 Å². The smallest absolute Gasteiger partial charge is 0.227 e. The molecule has 0 spiro atoms. The van der Waals surface area contributed by atoms with Crippen LogP contribution in [0.3, 0.4) is 0 Å². The topological polar surface area (TPSA) is 40.6 Å². The van der Waals surface area contributed by atoms with Crippen LogP contribution < -0.4 is 4.90 Å². The van der Waals surface area contributed by atoms with Crippen LogP contribution in [0.1, 0.15) is 25.8 Å². The third-order valence-corrected chi connectivity index (χ3v) is 3.86. The van der Waals surface area contributed by atoms with Crippen LogP contribution >= 0.6 is 0 Å². The summed E-state index contributed by atoms with van der Waals surface area (Å²) >= 11 is 0. The summed E-state index contributed by atoms with van der Waals surface area (Å²) in [7, 11) is 0. The van der Waals surface area contributed by atoms with Crippen LogP contribution in [-0.2, 0) is 9.59 Å². The lowest BCUT2D eigenvalue weighted by Crippen LogP contribution is -2.37. The fourth-order valence-corrected chi connectivity index (χ4v) is 2.71. The van der Waals surface area contributed by atoms with Crippen molar-refractivity contribution in [2.75, 3.05) is 24.5 Å². The molecule has 108 valence electrons. The number of amides is 2. The lowest BCUT2D eigenvalue weighted by atomic mass is 10.1. The summed E-state index contributed by atoms with van der Waals surface area (Å²) in [6, 6.07) is 7.86. The predicted octanol–water partition coefficient (Wildman–Crippen LogP) is 2.22. The second-order valence-corrected chi connectivity index (χ2v) is 5.25. The van der Waals surface area contributed by atoms with Gasteiger partial charge in [-0.3, -0.25) is 9.59 Å². The summed E-state index contributed by atoms with van der Waals surface area (Å²) in [5.74, 6) is -0.0671. The van der Waals surface area contributed by atoms with E-state index in [2.05, 4.69) is 0 Å². The summed E-state index contributed by atoms with van der Waals surface area (Å²) in [5, 5.41) is 0. The van der Waals surface area contributed by atoms with Gasteiger partial charge in [-0.15, -0.1) is 0 Å². The van der Waals surface area contributed by atoms with Gasteiger partial charge in [-0.25, -0.2) is 0 Å². The van der Waals surface area contributed by atoms with Crippen molar-refractivity contribution in [2.45, 2.75) is 27.2 Å². The van der Waals surface area contributed by atoms with E-state index in [1.54, 1.807) is 9.80 Å². The Morgan fingerprint density at radius 1 is 1.35 bits per heavy atom. The molecule has 1 heterocycles. The highest BCUT2D eigenvalue weighted by Crippen LogP contribution is 2.26. The van der Waals surface area contributed by atoms with Crippen molar-refractivity contribution >= 4 is 17.5 Å². The molecule has 1 aliphatic rings. The molecule has 0 radical (unpaired) electrons. The van der Waals surface area contributed by atoms with Gasteiger partial charge in [0.05, 0.1) is 5.92 Å². The Hall–Kier alpha value is -1.84. The fourth-order valence-electron chi connectivity index (χ4n) is 2.71. The van der Waals surface area contributed by atoms with Crippen LogP contribution in [0.15, 0.2) is 24.3 Å². The van der Waals surface area contributed by atoms with Gasteiger partial charge in [-0.05, 0) is 38.5 Å². The monoisotopic (exact) mass is 274 g/mol. The summed E-state index contributed by atoms with van der Waals surface area (Å²) in [4.78, 5) is 28.0. The SMILES string of the molecule is CCN(CC)C(=O)C1CC(=O)N(c2cccc(C)c2)C1. The first-order valence-corrected chi connectivity index (χ1v) is 7.22. The average Bonchev–Trinajstić information content (AvgIpc) is 2.82. The van der Waals surface area contributed by atoms with Crippen LogP contribution in [-0.4, -0.2) is 36.3 Å². The zero-order valence-electron chi connectivity index (χ0n) is 12.4. The first-order chi connectivity index (χ1) is 9.56. The maximum atomic E-state index is 12.3. The first kappa shape index (κ1) is 14.6. The van der Waals surface area contributed by atoms with Gasteiger partial charge in [0.1, 0.15) is 0 Å². The van der Waals surface area contributed by atoms with E-state index in [4.69, 9.17) is 0 Å². The molecule has 1 aromatic carbocycles. The molecule has 1 aliphatic heterocycles. The summed E-state index contributed by atoms with van der Waals surface area (Å²) in [5.41, 5.74) is 2.01. The molecule has 0 aliphatic carbocycles. The van der Waals surface area contributed by atoms with Crippen molar-refractivity contribution < 1.29 is 9.59 Å². The van der Waals surface area contributed by atoms with Gasteiger partial charge in [-0.1, -0.05) is 12.1 Å². The molecule has 1 fully saturated rings. The Bertz CT molecular complexity index is 509. The highest BCUT2D eigenvalue weighted by molar-refractivity contribution is 6.00. The molecule has 1 saturated heterocycles. The number of rotatable bonds is 4. The number of hydrogen-bond acceptors (Lipinski definition) is 2. The number of nitrogens with zero attached hydrogens (tertiary/aromatic N) is 2. The van der Waals surface area contributed by atoms with Crippen LogP contribution in [0, 0.1) is 12.8 Å². The van der Waals surface area contributed by atoms with Gasteiger partial charge in [0.2, 0.25) is 11.8 Å². The van der Waals surface area contributed by atoms with E-state index in [1.807, 2.05) is 45.0 Å². The van der Waals surface area contributed by atoms with Gasteiger partial charge in [0.15, 0.2) is 0 Å². The zero-order valence-corrected chi connectivity index (χ0v) is 12.4. The largest absolute Gasteiger partial charge is 0.343 e. The van der Waals surface area contributed by atoms with E-state index < -0.39 is 0 Å². The normalized spacial score (nSPS) is 18.4. The van der Waals surface area contributed by atoms with Crippen molar-refractivity contribution in [1.82, 2.24) is 4.90 Å². The number of benzene rings is 1. The number of hydrogen-bond donors (Lipinski definition) is 0.